The Hall–Kier alpha value is -2.70. The molecule has 2 saturated heterocycles. The first-order valence-corrected chi connectivity index (χ1v) is 13.0. The van der Waals surface area contributed by atoms with Gasteiger partial charge in [0.2, 0.25) is 0 Å². The van der Waals surface area contributed by atoms with Gasteiger partial charge < -0.3 is 14.9 Å². The van der Waals surface area contributed by atoms with Gasteiger partial charge in [-0.3, -0.25) is 9.36 Å². The molecule has 0 bridgehead atoms. The lowest BCUT2D eigenvalue weighted by atomic mass is 9.80. The number of hydrogen-bond acceptors (Lipinski definition) is 7. The molecular formula is C26H28Cl2N6O2. The predicted molar refractivity (Wildman–Crippen MR) is 141 cm³/mol. The molecule has 8 nitrogen and oxygen atoms in total. The minimum atomic E-state index is -0.439. The second-order valence-electron chi connectivity index (χ2n) is 9.71. The number of piperidine rings is 1. The number of nitriles is 1. The van der Waals surface area contributed by atoms with Crippen LogP contribution in [0.2, 0.25) is 10.0 Å². The van der Waals surface area contributed by atoms with E-state index in [0.29, 0.717) is 38.9 Å². The molecular weight excluding hydrogens is 499 g/mol. The lowest BCUT2D eigenvalue weighted by Gasteiger charge is -2.47. The number of fused-ring (bicyclic) bond motifs is 1. The van der Waals surface area contributed by atoms with Gasteiger partial charge >= 0.3 is 0 Å². The molecule has 2 aliphatic heterocycles. The standard InChI is InChI=1S/C26H28Cl2N6O2/c1-16(21-5-4-20(27)10-22(21)28)34-24(36)9-18(11-29)25-26(34)31-23(12-30-25)33-14-19(15-33)17-3-2-6-32(13-17)7-8-35/h4-5,9-10,12,16-17,19,35H,2-3,6-8,13-15H2,1H3/t16-,17+/m1/s1. The molecule has 2 fully saturated rings. The fourth-order valence-electron chi connectivity index (χ4n) is 5.50. The normalized spacial score (nSPS) is 19.8. The molecule has 0 unspecified atom stereocenters. The summed E-state index contributed by atoms with van der Waals surface area (Å²) in [6.45, 7) is 6.62. The lowest BCUT2D eigenvalue weighted by Crippen LogP contribution is -2.54. The number of aliphatic hydroxyl groups is 1. The Morgan fingerprint density at radius 2 is 2.03 bits per heavy atom. The topological polar surface area (TPSA) is 98.3 Å². The monoisotopic (exact) mass is 526 g/mol. The Balaban J connectivity index is 1.45. The largest absolute Gasteiger partial charge is 0.395 e. The molecule has 0 radical (unpaired) electrons. The van der Waals surface area contributed by atoms with Crippen molar-refractivity contribution < 1.29 is 5.11 Å². The Bertz CT molecular complexity index is 1380. The van der Waals surface area contributed by atoms with Gasteiger partial charge in [0, 0.05) is 42.3 Å². The van der Waals surface area contributed by atoms with Crippen LogP contribution in [-0.4, -0.2) is 63.9 Å². The van der Waals surface area contributed by atoms with Crippen LogP contribution in [-0.2, 0) is 0 Å². The van der Waals surface area contributed by atoms with Gasteiger partial charge in [0.15, 0.2) is 5.65 Å². The van der Waals surface area contributed by atoms with Crippen LogP contribution in [0.1, 0.15) is 36.9 Å². The number of aliphatic hydroxyl groups excluding tert-OH is 1. The number of aromatic nitrogens is 3. The number of rotatable bonds is 6. The molecule has 2 aromatic heterocycles. The SMILES string of the molecule is C[C@H](c1ccc(Cl)cc1Cl)n1c(=O)cc(C#N)c2ncc(N3CC([C@H]4CCCN(CCO)C4)C3)nc21. The number of hydrogen-bond donors (Lipinski definition) is 1. The van der Waals surface area contributed by atoms with E-state index in [2.05, 4.69) is 20.9 Å². The van der Waals surface area contributed by atoms with Crippen LogP contribution in [0.4, 0.5) is 5.82 Å². The van der Waals surface area contributed by atoms with Crippen molar-refractivity contribution >= 4 is 40.2 Å². The molecule has 36 heavy (non-hydrogen) atoms. The molecule has 4 heterocycles. The summed E-state index contributed by atoms with van der Waals surface area (Å²) < 4.78 is 1.55. The van der Waals surface area contributed by atoms with Crippen molar-refractivity contribution in [1.29, 1.82) is 5.26 Å². The Kier molecular flexibility index (Phi) is 7.18. The van der Waals surface area contributed by atoms with E-state index < -0.39 is 6.04 Å². The van der Waals surface area contributed by atoms with Crippen molar-refractivity contribution in [3.8, 4) is 6.07 Å². The van der Waals surface area contributed by atoms with Crippen molar-refractivity contribution in [2.45, 2.75) is 25.8 Å². The van der Waals surface area contributed by atoms with E-state index in [1.807, 2.05) is 6.92 Å². The van der Waals surface area contributed by atoms with Gasteiger partial charge in [-0.25, -0.2) is 9.97 Å². The molecule has 188 valence electrons. The number of β-amino-alcohol motifs (C(OH)–C–C–N with tert-alkyl or cyclic N) is 1. The first-order valence-electron chi connectivity index (χ1n) is 12.2. The maximum absolute atomic E-state index is 13.2. The molecule has 5 rings (SSSR count). The average Bonchev–Trinajstić information content (AvgIpc) is 2.82. The summed E-state index contributed by atoms with van der Waals surface area (Å²) in [5, 5.41) is 19.9. The second-order valence-corrected chi connectivity index (χ2v) is 10.6. The quantitative estimate of drug-likeness (QED) is 0.522. The van der Waals surface area contributed by atoms with Crippen LogP contribution in [0.15, 0.2) is 35.3 Å². The van der Waals surface area contributed by atoms with Crippen LogP contribution in [0.5, 0.6) is 0 Å². The summed E-state index contributed by atoms with van der Waals surface area (Å²) in [6, 6.07) is 8.13. The highest BCUT2D eigenvalue weighted by molar-refractivity contribution is 6.35. The Labute approximate surface area is 219 Å². The summed E-state index contributed by atoms with van der Waals surface area (Å²) in [5.74, 6) is 1.85. The van der Waals surface area contributed by atoms with Gasteiger partial charge in [0.25, 0.3) is 5.56 Å². The van der Waals surface area contributed by atoms with Crippen molar-refractivity contribution in [2.75, 3.05) is 44.2 Å². The summed E-state index contributed by atoms with van der Waals surface area (Å²) >= 11 is 12.5. The first kappa shape index (κ1) is 25.0. The van der Waals surface area contributed by atoms with Crippen molar-refractivity contribution in [3.05, 3.63) is 62.0 Å². The summed E-state index contributed by atoms with van der Waals surface area (Å²) in [7, 11) is 0. The number of pyridine rings is 1. The molecule has 10 heteroatoms. The van der Waals surface area contributed by atoms with Crippen LogP contribution >= 0.6 is 23.2 Å². The zero-order chi connectivity index (χ0) is 25.4. The van der Waals surface area contributed by atoms with Gasteiger partial charge in [-0.05, 0) is 55.8 Å². The fourth-order valence-corrected chi connectivity index (χ4v) is 6.07. The van der Waals surface area contributed by atoms with Crippen molar-refractivity contribution in [3.63, 3.8) is 0 Å². The van der Waals surface area contributed by atoms with E-state index in [1.54, 1.807) is 29.0 Å². The first-order chi connectivity index (χ1) is 17.4. The molecule has 0 amide bonds. The molecule has 1 N–H and O–H groups in total. The van der Waals surface area contributed by atoms with Crippen LogP contribution in [0.25, 0.3) is 11.2 Å². The minimum Gasteiger partial charge on any atom is -0.395 e. The zero-order valence-corrected chi connectivity index (χ0v) is 21.6. The van der Waals surface area contributed by atoms with Crippen molar-refractivity contribution in [2.24, 2.45) is 11.8 Å². The molecule has 2 aliphatic rings. The Morgan fingerprint density at radius 3 is 2.75 bits per heavy atom. The second kappa shape index (κ2) is 10.3. The van der Waals surface area contributed by atoms with E-state index in [9.17, 15) is 15.2 Å². The highest BCUT2D eigenvalue weighted by Crippen LogP contribution is 2.34. The molecule has 1 aromatic carbocycles. The van der Waals surface area contributed by atoms with Crippen LogP contribution in [0.3, 0.4) is 0 Å². The van der Waals surface area contributed by atoms with Gasteiger partial charge in [-0.1, -0.05) is 29.3 Å². The zero-order valence-electron chi connectivity index (χ0n) is 20.1. The highest BCUT2D eigenvalue weighted by Gasteiger charge is 2.36. The van der Waals surface area contributed by atoms with Gasteiger partial charge in [-0.15, -0.1) is 0 Å². The van der Waals surface area contributed by atoms with Gasteiger partial charge in [-0.2, -0.15) is 5.26 Å². The maximum atomic E-state index is 13.2. The smallest absolute Gasteiger partial charge is 0.254 e. The molecule has 2 atom stereocenters. The number of benzene rings is 1. The average molecular weight is 527 g/mol. The summed E-state index contributed by atoms with van der Waals surface area (Å²) in [4.78, 5) is 27.1. The van der Waals surface area contributed by atoms with Crippen molar-refractivity contribution in [1.82, 2.24) is 19.4 Å². The molecule has 0 saturated carbocycles. The maximum Gasteiger partial charge on any atom is 0.254 e. The molecule has 0 spiro atoms. The Morgan fingerprint density at radius 1 is 1.22 bits per heavy atom. The summed E-state index contributed by atoms with van der Waals surface area (Å²) in [5.41, 5.74) is 1.35. The van der Waals surface area contributed by atoms with E-state index >= 15 is 0 Å². The molecule has 0 aliphatic carbocycles. The molecule has 3 aromatic rings. The minimum absolute atomic E-state index is 0.197. The lowest BCUT2D eigenvalue weighted by molar-refractivity contribution is 0.101. The number of halogens is 2. The third-order valence-electron chi connectivity index (χ3n) is 7.51. The van der Waals surface area contributed by atoms with E-state index in [4.69, 9.17) is 28.2 Å². The number of anilines is 1. The number of nitrogens with zero attached hydrogens (tertiary/aromatic N) is 6. The van der Waals surface area contributed by atoms with E-state index in [1.165, 1.54) is 12.5 Å². The van der Waals surface area contributed by atoms with Gasteiger partial charge in [0.05, 0.1) is 24.4 Å². The fraction of sp³-hybridized carbons (Fsp3) is 0.462. The predicted octanol–water partition coefficient (Wildman–Crippen LogP) is 3.72. The third-order valence-corrected chi connectivity index (χ3v) is 8.07. The van der Waals surface area contributed by atoms with Crippen LogP contribution < -0.4 is 10.5 Å². The van der Waals surface area contributed by atoms with E-state index in [0.717, 1.165) is 44.7 Å². The summed E-state index contributed by atoms with van der Waals surface area (Å²) in [6.07, 6.45) is 4.05. The van der Waals surface area contributed by atoms with E-state index in [-0.39, 0.29) is 17.7 Å². The third kappa shape index (κ3) is 4.69. The highest BCUT2D eigenvalue weighted by atomic mass is 35.5. The van der Waals surface area contributed by atoms with Crippen LogP contribution in [0, 0.1) is 23.2 Å². The van der Waals surface area contributed by atoms with Gasteiger partial charge in [0.1, 0.15) is 17.4 Å². The number of likely N-dealkylation sites (tertiary alicyclic amines) is 1.